The number of sulfonamides is 1. The molecule has 3 aromatic carbocycles. The van der Waals surface area contributed by atoms with Crippen molar-refractivity contribution in [1.82, 2.24) is 10.2 Å². The lowest BCUT2D eigenvalue weighted by Gasteiger charge is -2.32. The van der Waals surface area contributed by atoms with Crippen LogP contribution in [0.1, 0.15) is 30.9 Å². The van der Waals surface area contributed by atoms with E-state index in [-0.39, 0.29) is 31.3 Å². The smallest absolute Gasteiger partial charge is 0.243 e. The lowest BCUT2D eigenvalue weighted by Crippen LogP contribution is -2.50. The Hall–Kier alpha value is -3.36. The first kappa shape index (κ1) is 29.2. The van der Waals surface area contributed by atoms with Crippen LogP contribution in [0.15, 0.2) is 84.9 Å². The van der Waals surface area contributed by atoms with Crippen LogP contribution in [0.25, 0.3) is 0 Å². The fourth-order valence-electron chi connectivity index (χ4n) is 4.23. The molecule has 0 aliphatic heterocycles. The number of carbonyl (C=O) groups excluding carboxylic acids is 2. The summed E-state index contributed by atoms with van der Waals surface area (Å²) in [6, 6.07) is 24.8. The van der Waals surface area contributed by atoms with Crippen LogP contribution in [0.2, 0.25) is 5.02 Å². The fraction of sp³-hybridized carbons (Fsp3) is 0.310. The minimum absolute atomic E-state index is 0.0805. The van der Waals surface area contributed by atoms with Gasteiger partial charge in [0.05, 0.1) is 11.9 Å². The Morgan fingerprint density at radius 1 is 0.895 bits per heavy atom. The first-order valence-electron chi connectivity index (χ1n) is 12.6. The molecule has 0 aliphatic carbocycles. The van der Waals surface area contributed by atoms with Crippen molar-refractivity contribution in [2.24, 2.45) is 0 Å². The molecule has 3 rings (SSSR count). The predicted octanol–water partition coefficient (Wildman–Crippen LogP) is 4.66. The van der Waals surface area contributed by atoms with Crippen LogP contribution < -0.4 is 9.62 Å². The summed E-state index contributed by atoms with van der Waals surface area (Å²) in [4.78, 5) is 28.5. The van der Waals surface area contributed by atoms with E-state index in [1.165, 1.54) is 4.31 Å². The zero-order valence-electron chi connectivity index (χ0n) is 21.7. The Bertz CT molecular complexity index is 1290. The first-order chi connectivity index (χ1) is 18.2. The van der Waals surface area contributed by atoms with Crippen molar-refractivity contribution in [2.75, 3.05) is 23.7 Å². The van der Waals surface area contributed by atoms with Crippen LogP contribution in [-0.4, -0.2) is 50.5 Å². The van der Waals surface area contributed by atoms with Gasteiger partial charge in [0.2, 0.25) is 21.8 Å². The average molecular weight is 556 g/mol. The third-order valence-electron chi connectivity index (χ3n) is 6.08. The van der Waals surface area contributed by atoms with Crippen molar-refractivity contribution in [3.8, 4) is 0 Å². The molecule has 1 unspecified atom stereocenters. The lowest BCUT2D eigenvalue weighted by molar-refractivity contribution is -0.141. The molecule has 2 amide bonds. The van der Waals surface area contributed by atoms with Crippen molar-refractivity contribution in [2.45, 2.75) is 38.8 Å². The molecule has 0 saturated carbocycles. The number of rotatable bonds is 13. The number of carbonyl (C=O) groups is 2. The standard InChI is InChI=1S/C29H34ClN3O4S/c1-3-31-29(35)27(21-23-11-6-4-7-12-23)32(22-24-16-18-25(30)19-17-24)28(34)15-10-20-33(38(2,36)37)26-13-8-5-9-14-26/h4-9,11-14,16-19,27H,3,10,15,20-22H2,1-2H3,(H,31,35). The molecule has 3 aromatic rings. The second kappa shape index (κ2) is 14.0. The molecule has 7 nitrogen and oxygen atoms in total. The first-order valence-corrected chi connectivity index (χ1v) is 14.8. The molecule has 1 N–H and O–H groups in total. The topological polar surface area (TPSA) is 86.8 Å². The number of nitrogens with one attached hydrogen (secondary N) is 1. The van der Waals surface area contributed by atoms with Gasteiger partial charge >= 0.3 is 0 Å². The van der Waals surface area contributed by atoms with E-state index in [0.717, 1.165) is 17.4 Å². The van der Waals surface area contributed by atoms with Gasteiger partial charge in [-0.25, -0.2) is 8.42 Å². The summed E-state index contributed by atoms with van der Waals surface area (Å²) in [5.74, 6) is -0.464. The van der Waals surface area contributed by atoms with E-state index in [4.69, 9.17) is 11.6 Å². The van der Waals surface area contributed by atoms with E-state index in [0.29, 0.717) is 30.1 Å². The largest absolute Gasteiger partial charge is 0.355 e. The number of nitrogens with zero attached hydrogens (tertiary/aromatic N) is 2. The van der Waals surface area contributed by atoms with Gasteiger partial charge in [0, 0.05) is 37.5 Å². The van der Waals surface area contributed by atoms with Crippen molar-refractivity contribution in [3.63, 3.8) is 0 Å². The minimum atomic E-state index is -3.53. The number of benzene rings is 3. The highest BCUT2D eigenvalue weighted by Gasteiger charge is 2.30. The number of anilines is 1. The van der Waals surface area contributed by atoms with E-state index < -0.39 is 16.1 Å². The summed E-state index contributed by atoms with van der Waals surface area (Å²) in [5.41, 5.74) is 2.32. The highest BCUT2D eigenvalue weighted by Crippen LogP contribution is 2.20. The van der Waals surface area contributed by atoms with E-state index in [9.17, 15) is 18.0 Å². The van der Waals surface area contributed by atoms with Gasteiger partial charge in [0.25, 0.3) is 0 Å². The van der Waals surface area contributed by atoms with Crippen molar-refractivity contribution in [1.29, 1.82) is 0 Å². The average Bonchev–Trinajstić information content (AvgIpc) is 2.90. The molecular weight excluding hydrogens is 522 g/mol. The molecule has 0 spiro atoms. The fourth-order valence-corrected chi connectivity index (χ4v) is 5.32. The Balaban J connectivity index is 1.84. The van der Waals surface area contributed by atoms with Crippen molar-refractivity contribution < 1.29 is 18.0 Å². The Kier molecular flexibility index (Phi) is 10.7. The molecule has 9 heteroatoms. The van der Waals surface area contributed by atoms with Crippen molar-refractivity contribution >= 4 is 39.1 Å². The Labute approximate surface area is 230 Å². The predicted molar refractivity (Wildman–Crippen MR) is 152 cm³/mol. The molecule has 0 saturated heterocycles. The number of halogens is 1. The summed E-state index contributed by atoms with van der Waals surface area (Å²) in [6.45, 7) is 2.65. The third-order valence-corrected chi connectivity index (χ3v) is 7.53. The molecule has 1 atom stereocenters. The summed E-state index contributed by atoms with van der Waals surface area (Å²) < 4.78 is 26.2. The van der Waals surface area contributed by atoms with Crippen LogP contribution in [0.4, 0.5) is 5.69 Å². The van der Waals surface area contributed by atoms with Crippen molar-refractivity contribution in [3.05, 3.63) is 101 Å². The number of hydrogen-bond donors (Lipinski definition) is 1. The third kappa shape index (κ3) is 8.60. The molecule has 0 aromatic heterocycles. The summed E-state index contributed by atoms with van der Waals surface area (Å²) in [5, 5.41) is 3.45. The zero-order chi connectivity index (χ0) is 27.5. The molecule has 38 heavy (non-hydrogen) atoms. The van der Waals surface area contributed by atoms with E-state index in [2.05, 4.69) is 5.32 Å². The normalized spacial score (nSPS) is 12.0. The van der Waals surface area contributed by atoms with Crippen LogP contribution in [0, 0.1) is 0 Å². The van der Waals surface area contributed by atoms with Gasteiger partial charge in [-0.2, -0.15) is 0 Å². The maximum atomic E-state index is 13.7. The van der Waals surface area contributed by atoms with Gasteiger partial charge in [-0.05, 0) is 48.7 Å². The van der Waals surface area contributed by atoms with Crippen LogP contribution in [-0.2, 0) is 32.6 Å². The second-order valence-electron chi connectivity index (χ2n) is 9.02. The van der Waals surface area contributed by atoms with Gasteiger partial charge in [0.1, 0.15) is 6.04 Å². The second-order valence-corrected chi connectivity index (χ2v) is 11.4. The number of amides is 2. The number of para-hydroxylation sites is 1. The maximum absolute atomic E-state index is 13.7. The summed E-state index contributed by atoms with van der Waals surface area (Å²) in [7, 11) is -3.53. The Morgan fingerprint density at radius 2 is 1.50 bits per heavy atom. The molecule has 0 aliphatic rings. The molecule has 0 radical (unpaired) electrons. The summed E-state index contributed by atoms with van der Waals surface area (Å²) in [6.07, 6.45) is 1.88. The van der Waals surface area contributed by atoms with Crippen LogP contribution in [0.3, 0.4) is 0 Å². The van der Waals surface area contributed by atoms with E-state index >= 15 is 0 Å². The quantitative estimate of drug-likeness (QED) is 0.332. The number of hydrogen-bond acceptors (Lipinski definition) is 4. The number of likely N-dealkylation sites (N-methyl/N-ethyl adjacent to an activating group) is 1. The highest BCUT2D eigenvalue weighted by atomic mass is 35.5. The van der Waals surface area contributed by atoms with E-state index in [1.807, 2.05) is 55.5 Å². The molecule has 0 fully saturated rings. The van der Waals surface area contributed by atoms with Gasteiger partial charge in [0.15, 0.2) is 0 Å². The maximum Gasteiger partial charge on any atom is 0.243 e. The molecule has 202 valence electrons. The zero-order valence-corrected chi connectivity index (χ0v) is 23.3. The van der Waals surface area contributed by atoms with Gasteiger partial charge in [-0.15, -0.1) is 0 Å². The van der Waals surface area contributed by atoms with Crippen LogP contribution >= 0.6 is 11.6 Å². The molecule has 0 bridgehead atoms. The SMILES string of the molecule is CCNC(=O)C(Cc1ccccc1)N(Cc1ccc(Cl)cc1)C(=O)CCCN(c1ccccc1)S(C)(=O)=O. The van der Waals surface area contributed by atoms with Gasteiger partial charge in [-0.3, -0.25) is 13.9 Å². The Morgan fingerprint density at radius 3 is 2.08 bits per heavy atom. The molecular formula is C29H34ClN3O4S. The van der Waals surface area contributed by atoms with E-state index in [1.54, 1.807) is 41.3 Å². The molecule has 0 heterocycles. The summed E-state index contributed by atoms with van der Waals surface area (Å²) >= 11 is 6.06. The monoisotopic (exact) mass is 555 g/mol. The van der Waals surface area contributed by atoms with Gasteiger partial charge < -0.3 is 10.2 Å². The minimum Gasteiger partial charge on any atom is -0.355 e. The lowest BCUT2D eigenvalue weighted by atomic mass is 10.0. The van der Waals surface area contributed by atoms with Crippen LogP contribution in [0.5, 0.6) is 0 Å². The van der Waals surface area contributed by atoms with Gasteiger partial charge in [-0.1, -0.05) is 72.3 Å². The highest BCUT2D eigenvalue weighted by molar-refractivity contribution is 7.92.